The number of rotatable bonds is 4. The minimum atomic E-state index is 0.577. The third kappa shape index (κ3) is 1.94. The van der Waals surface area contributed by atoms with Crippen LogP contribution in [0.1, 0.15) is 36.1 Å². The Bertz CT molecular complexity index is 553. The third-order valence-corrected chi connectivity index (χ3v) is 6.56. The van der Waals surface area contributed by atoms with E-state index < -0.39 is 0 Å². The van der Waals surface area contributed by atoms with Crippen molar-refractivity contribution in [2.24, 2.45) is 17.8 Å². The van der Waals surface area contributed by atoms with Crippen LogP contribution < -0.4 is 0 Å². The highest BCUT2D eigenvalue weighted by atomic mass is 79.9. The van der Waals surface area contributed by atoms with E-state index in [0.29, 0.717) is 4.83 Å². The zero-order valence-corrected chi connectivity index (χ0v) is 12.7. The lowest BCUT2D eigenvalue weighted by atomic mass is 9.90. The number of hydrogen-bond donors (Lipinski definition) is 0. The van der Waals surface area contributed by atoms with Crippen molar-refractivity contribution in [2.75, 3.05) is 0 Å². The van der Waals surface area contributed by atoms with E-state index in [1.807, 2.05) is 11.3 Å². The quantitative estimate of drug-likeness (QED) is 0.627. The van der Waals surface area contributed by atoms with Crippen LogP contribution in [0.5, 0.6) is 0 Å². The largest absolute Gasteiger partial charge is 0.143 e. The highest BCUT2D eigenvalue weighted by Gasteiger charge is 2.45. The maximum Gasteiger partial charge on any atom is 0.0443 e. The van der Waals surface area contributed by atoms with Gasteiger partial charge in [0.25, 0.3) is 0 Å². The van der Waals surface area contributed by atoms with Crippen molar-refractivity contribution in [3.8, 4) is 0 Å². The number of halogens is 1. The van der Waals surface area contributed by atoms with Crippen molar-refractivity contribution >= 4 is 37.4 Å². The summed E-state index contributed by atoms with van der Waals surface area (Å²) in [5.41, 5.74) is 1.54. The van der Waals surface area contributed by atoms with Crippen LogP contribution in [0, 0.1) is 17.8 Å². The summed E-state index contributed by atoms with van der Waals surface area (Å²) < 4.78 is 1.43. The predicted molar refractivity (Wildman–Crippen MR) is 82.4 cm³/mol. The average Bonchev–Trinajstić information content (AvgIpc) is 3.30. The maximum atomic E-state index is 4.04. The Labute approximate surface area is 121 Å². The Kier molecular flexibility index (Phi) is 2.77. The molecule has 2 heteroatoms. The molecule has 18 heavy (non-hydrogen) atoms. The summed E-state index contributed by atoms with van der Waals surface area (Å²) in [7, 11) is 0. The molecule has 2 aliphatic rings. The molecule has 0 bridgehead atoms. The number of thiophene rings is 1. The summed E-state index contributed by atoms with van der Waals surface area (Å²) in [6.07, 6.45) is 5.85. The molecular formula is C16H17BrS. The van der Waals surface area contributed by atoms with Crippen LogP contribution in [-0.4, -0.2) is 0 Å². The van der Waals surface area contributed by atoms with E-state index in [1.54, 1.807) is 5.56 Å². The van der Waals surface area contributed by atoms with Crippen LogP contribution in [0.2, 0.25) is 0 Å². The standard InChI is InChI=1S/C16H17BrS/c17-16(15(10-5-6-10)11-7-8-11)13-9-18-14-4-2-1-3-12(13)14/h1-4,9-11,15-16H,5-8H2. The lowest BCUT2D eigenvalue weighted by Gasteiger charge is -2.22. The van der Waals surface area contributed by atoms with E-state index >= 15 is 0 Å². The van der Waals surface area contributed by atoms with Gasteiger partial charge in [0.1, 0.15) is 0 Å². The van der Waals surface area contributed by atoms with Gasteiger partial charge in [-0.3, -0.25) is 0 Å². The number of benzene rings is 1. The van der Waals surface area contributed by atoms with Crippen LogP contribution in [0.15, 0.2) is 29.6 Å². The zero-order valence-electron chi connectivity index (χ0n) is 10.3. The molecule has 2 aliphatic carbocycles. The second-order valence-electron chi connectivity index (χ2n) is 5.84. The van der Waals surface area contributed by atoms with Gasteiger partial charge < -0.3 is 0 Å². The predicted octanol–water partition coefficient (Wildman–Crippen LogP) is 5.77. The zero-order chi connectivity index (χ0) is 12.1. The van der Waals surface area contributed by atoms with Crippen LogP contribution in [0.25, 0.3) is 10.1 Å². The van der Waals surface area contributed by atoms with E-state index in [0.717, 1.165) is 17.8 Å². The van der Waals surface area contributed by atoms with Crippen molar-refractivity contribution in [2.45, 2.75) is 30.5 Å². The monoisotopic (exact) mass is 320 g/mol. The highest BCUT2D eigenvalue weighted by molar-refractivity contribution is 9.09. The first-order valence-corrected chi connectivity index (χ1v) is 8.74. The molecule has 0 aliphatic heterocycles. The Morgan fingerprint density at radius 1 is 1.06 bits per heavy atom. The van der Waals surface area contributed by atoms with Gasteiger partial charge in [0, 0.05) is 9.53 Å². The number of fused-ring (bicyclic) bond motifs is 1. The van der Waals surface area contributed by atoms with Crippen LogP contribution >= 0.6 is 27.3 Å². The molecule has 0 radical (unpaired) electrons. The molecular weight excluding hydrogens is 304 g/mol. The molecule has 0 N–H and O–H groups in total. The summed E-state index contributed by atoms with van der Waals surface area (Å²) in [6, 6.07) is 8.84. The van der Waals surface area contributed by atoms with Crippen LogP contribution in [0.3, 0.4) is 0 Å². The Morgan fingerprint density at radius 2 is 1.72 bits per heavy atom. The highest BCUT2D eigenvalue weighted by Crippen LogP contribution is 2.57. The molecule has 1 unspecified atom stereocenters. The molecule has 0 nitrogen and oxygen atoms in total. The minimum Gasteiger partial charge on any atom is -0.143 e. The fourth-order valence-electron chi connectivity index (χ4n) is 3.24. The molecule has 1 atom stereocenters. The normalized spacial score (nSPS) is 21.7. The summed E-state index contributed by atoms with van der Waals surface area (Å²) in [6.45, 7) is 0. The molecule has 1 aromatic carbocycles. The van der Waals surface area contributed by atoms with Gasteiger partial charge in [-0.15, -0.1) is 11.3 Å². The Hall–Kier alpha value is -0.340. The molecule has 1 heterocycles. The summed E-state index contributed by atoms with van der Waals surface area (Å²) in [5.74, 6) is 2.89. The topological polar surface area (TPSA) is 0 Å². The second-order valence-corrected chi connectivity index (χ2v) is 7.74. The van der Waals surface area contributed by atoms with Crippen molar-refractivity contribution in [1.29, 1.82) is 0 Å². The molecule has 0 spiro atoms. The molecule has 1 aromatic heterocycles. The van der Waals surface area contributed by atoms with Crippen molar-refractivity contribution in [1.82, 2.24) is 0 Å². The van der Waals surface area contributed by atoms with E-state index in [9.17, 15) is 0 Å². The lowest BCUT2D eigenvalue weighted by Crippen LogP contribution is -2.12. The maximum absolute atomic E-state index is 4.04. The smallest absolute Gasteiger partial charge is 0.0443 e. The van der Waals surface area contributed by atoms with E-state index in [4.69, 9.17) is 0 Å². The third-order valence-electron chi connectivity index (χ3n) is 4.48. The lowest BCUT2D eigenvalue weighted by molar-refractivity contribution is 0.402. The van der Waals surface area contributed by atoms with Gasteiger partial charge in [0.15, 0.2) is 0 Å². The molecule has 4 rings (SSSR count). The molecule has 94 valence electrons. The SMILES string of the molecule is BrC(c1csc2ccccc12)C(C1CC1)C1CC1. The first-order chi connectivity index (χ1) is 8.84. The van der Waals surface area contributed by atoms with Gasteiger partial charge in [-0.1, -0.05) is 34.1 Å². The first-order valence-electron chi connectivity index (χ1n) is 6.95. The van der Waals surface area contributed by atoms with Gasteiger partial charge >= 0.3 is 0 Å². The van der Waals surface area contributed by atoms with Gasteiger partial charge in [-0.2, -0.15) is 0 Å². The molecule has 2 saturated carbocycles. The number of hydrogen-bond acceptors (Lipinski definition) is 1. The van der Waals surface area contributed by atoms with Crippen molar-refractivity contribution in [3.63, 3.8) is 0 Å². The van der Waals surface area contributed by atoms with E-state index in [2.05, 4.69) is 45.6 Å². The Morgan fingerprint density at radius 3 is 2.39 bits per heavy atom. The molecule has 0 amide bonds. The molecule has 2 fully saturated rings. The molecule has 2 aromatic rings. The summed E-state index contributed by atoms with van der Waals surface area (Å²) in [4.78, 5) is 0.577. The van der Waals surface area contributed by atoms with Crippen LogP contribution in [0.4, 0.5) is 0 Å². The fraction of sp³-hybridized carbons (Fsp3) is 0.500. The van der Waals surface area contributed by atoms with E-state index in [-0.39, 0.29) is 0 Å². The van der Waals surface area contributed by atoms with Crippen LogP contribution in [-0.2, 0) is 0 Å². The van der Waals surface area contributed by atoms with Crippen molar-refractivity contribution in [3.05, 3.63) is 35.2 Å². The second kappa shape index (κ2) is 4.35. The summed E-state index contributed by atoms with van der Waals surface area (Å²) >= 11 is 5.93. The van der Waals surface area contributed by atoms with Gasteiger partial charge in [0.05, 0.1) is 0 Å². The fourth-order valence-corrected chi connectivity index (χ4v) is 5.66. The van der Waals surface area contributed by atoms with Gasteiger partial charge in [0.2, 0.25) is 0 Å². The molecule has 0 saturated heterocycles. The van der Waals surface area contributed by atoms with Gasteiger partial charge in [-0.25, -0.2) is 0 Å². The van der Waals surface area contributed by atoms with Crippen molar-refractivity contribution < 1.29 is 0 Å². The van der Waals surface area contributed by atoms with Gasteiger partial charge in [-0.05, 0) is 65.8 Å². The summed E-state index contributed by atoms with van der Waals surface area (Å²) in [5, 5.41) is 3.85. The minimum absolute atomic E-state index is 0.577. The Balaban J connectivity index is 1.72. The number of alkyl halides is 1. The average molecular weight is 321 g/mol. The van der Waals surface area contributed by atoms with E-state index in [1.165, 1.54) is 35.8 Å². The first kappa shape index (κ1) is 11.5.